The second-order valence-corrected chi connectivity index (χ2v) is 9.36. The van der Waals surface area contributed by atoms with Gasteiger partial charge in [-0.1, -0.05) is 41.4 Å². The number of carbonyl (C=O) groups is 1. The number of rotatable bonds is 7. The molecule has 0 radical (unpaired) electrons. The van der Waals surface area contributed by atoms with Crippen molar-refractivity contribution in [1.82, 2.24) is 9.80 Å². The molecule has 1 saturated heterocycles. The van der Waals surface area contributed by atoms with Crippen LogP contribution in [0.15, 0.2) is 58.2 Å². The Hall–Kier alpha value is -2.87. The summed E-state index contributed by atoms with van der Waals surface area (Å²) in [7, 11) is 3.09. The van der Waals surface area contributed by atoms with Crippen molar-refractivity contribution >= 4 is 29.1 Å². The highest BCUT2D eigenvalue weighted by molar-refractivity contribution is 6.40. The van der Waals surface area contributed by atoms with Crippen LogP contribution in [-0.4, -0.2) is 61.2 Å². The number of allylic oxidation sites excluding steroid dienone is 3. The van der Waals surface area contributed by atoms with Crippen LogP contribution >= 0.6 is 23.2 Å². The Balaban J connectivity index is 1.71. The second kappa shape index (κ2) is 10.8. The van der Waals surface area contributed by atoms with E-state index in [9.17, 15) is 9.90 Å². The van der Waals surface area contributed by atoms with E-state index in [1.54, 1.807) is 37.4 Å². The van der Waals surface area contributed by atoms with Crippen molar-refractivity contribution in [2.24, 2.45) is 5.73 Å². The van der Waals surface area contributed by atoms with Crippen LogP contribution in [-0.2, 0) is 0 Å². The highest BCUT2D eigenvalue weighted by atomic mass is 35.5. The lowest BCUT2D eigenvalue weighted by atomic mass is 9.93. The molecule has 2 aromatic carbocycles. The van der Waals surface area contributed by atoms with Crippen molar-refractivity contribution in [3.63, 3.8) is 0 Å². The van der Waals surface area contributed by atoms with E-state index in [2.05, 4.69) is 15.9 Å². The standard InChI is InChI=1S/C26H29Cl2N3O4/c1-34-18-14-21(32)23(22(15-18)35-2)25(16-5-3-6-17(13-16)26(29)33)31-11-9-30(10-12-31)20-8-4-7-19(27)24(20)28/h3,5-6,8,13-15,25,32H,4,7,9-12H2,1-2H3,(H2,29,33). The van der Waals surface area contributed by atoms with Gasteiger partial charge in [-0.15, -0.1) is 0 Å². The van der Waals surface area contributed by atoms with Crippen molar-refractivity contribution in [1.29, 1.82) is 0 Å². The normalized spacial score (nSPS) is 17.7. The molecule has 3 N–H and O–H groups in total. The number of halogens is 2. The Bertz CT molecular complexity index is 1170. The number of nitrogens with zero attached hydrogens (tertiary/aromatic N) is 2. The number of piperazine rings is 1. The molecule has 0 bridgehead atoms. The molecule has 1 aliphatic carbocycles. The summed E-state index contributed by atoms with van der Waals surface area (Å²) < 4.78 is 11.0. The molecule has 2 aliphatic rings. The quantitative estimate of drug-likeness (QED) is 0.558. The van der Waals surface area contributed by atoms with E-state index in [1.807, 2.05) is 6.07 Å². The highest BCUT2D eigenvalue weighted by Gasteiger charge is 2.33. The first kappa shape index (κ1) is 25.2. The van der Waals surface area contributed by atoms with Crippen molar-refractivity contribution < 1.29 is 19.4 Å². The molecule has 4 rings (SSSR count). The van der Waals surface area contributed by atoms with Gasteiger partial charge in [0.05, 0.1) is 36.6 Å². The Morgan fingerprint density at radius 1 is 1.09 bits per heavy atom. The zero-order valence-electron chi connectivity index (χ0n) is 19.8. The van der Waals surface area contributed by atoms with Gasteiger partial charge in [0.25, 0.3) is 0 Å². The van der Waals surface area contributed by atoms with E-state index >= 15 is 0 Å². The van der Waals surface area contributed by atoms with Gasteiger partial charge in [-0.2, -0.15) is 0 Å². The maximum atomic E-state index is 11.9. The Morgan fingerprint density at radius 3 is 2.49 bits per heavy atom. The highest BCUT2D eigenvalue weighted by Crippen LogP contribution is 2.44. The summed E-state index contributed by atoms with van der Waals surface area (Å²) in [5, 5.41) is 12.4. The first-order valence-electron chi connectivity index (χ1n) is 11.4. The molecule has 0 spiro atoms. The molecule has 1 atom stereocenters. The smallest absolute Gasteiger partial charge is 0.248 e. The second-order valence-electron chi connectivity index (χ2n) is 8.52. The number of ether oxygens (including phenoxy) is 2. The molecule has 1 fully saturated rings. The summed E-state index contributed by atoms with van der Waals surface area (Å²) in [6, 6.07) is 10.1. The zero-order valence-corrected chi connectivity index (χ0v) is 21.3. The lowest BCUT2D eigenvalue weighted by Gasteiger charge is -2.42. The fourth-order valence-corrected chi connectivity index (χ4v) is 5.23. The van der Waals surface area contributed by atoms with Crippen LogP contribution in [0.4, 0.5) is 0 Å². The number of carbonyl (C=O) groups excluding carboxylic acids is 1. The van der Waals surface area contributed by atoms with Gasteiger partial charge in [-0.05, 0) is 30.5 Å². The fourth-order valence-electron chi connectivity index (χ4n) is 4.73. The number of amides is 1. The van der Waals surface area contributed by atoms with Crippen LogP contribution in [0.1, 0.15) is 40.4 Å². The number of benzene rings is 2. The van der Waals surface area contributed by atoms with Crippen molar-refractivity contribution in [2.75, 3.05) is 40.4 Å². The van der Waals surface area contributed by atoms with Crippen LogP contribution in [0.5, 0.6) is 17.2 Å². The van der Waals surface area contributed by atoms with Gasteiger partial charge < -0.3 is 25.2 Å². The summed E-state index contributed by atoms with van der Waals surface area (Å²) in [6.07, 6.45) is 3.76. The topological polar surface area (TPSA) is 88.3 Å². The SMILES string of the molecule is COc1cc(O)c(C(c2cccc(C(N)=O)c2)N2CCN(C3=CCCC(Cl)=C3Cl)CC2)c(OC)c1. The molecule has 9 heteroatoms. The van der Waals surface area contributed by atoms with Gasteiger partial charge in [-0.3, -0.25) is 9.69 Å². The average Bonchev–Trinajstić information content (AvgIpc) is 2.87. The molecule has 1 heterocycles. The van der Waals surface area contributed by atoms with Crippen LogP contribution in [0.2, 0.25) is 0 Å². The summed E-state index contributed by atoms with van der Waals surface area (Å²) in [4.78, 5) is 16.4. The summed E-state index contributed by atoms with van der Waals surface area (Å²) in [6.45, 7) is 2.80. The van der Waals surface area contributed by atoms with Gasteiger partial charge in [0.2, 0.25) is 5.91 Å². The maximum absolute atomic E-state index is 11.9. The van der Waals surface area contributed by atoms with Crippen molar-refractivity contribution in [2.45, 2.75) is 18.9 Å². The average molecular weight is 518 g/mol. The van der Waals surface area contributed by atoms with Gasteiger partial charge in [0.15, 0.2) is 0 Å². The molecule has 186 valence electrons. The molecule has 0 aromatic heterocycles. The summed E-state index contributed by atoms with van der Waals surface area (Å²) in [5.41, 5.74) is 8.36. The molecule has 1 aliphatic heterocycles. The molecule has 1 unspecified atom stereocenters. The van der Waals surface area contributed by atoms with Crippen LogP contribution < -0.4 is 15.2 Å². The van der Waals surface area contributed by atoms with Gasteiger partial charge in [0.1, 0.15) is 17.2 Å². The molecular formula is C26H29Cl2N3O4. The number of hydrogen-bond donors (Lipinski definition) is 2. The summed E-state index contributed by atoms with van der Waals surface area (Å²) >= 11 is 12.8. The van der Waals surface area contributed by atoms with Crippen LogP contribution in [0.25, 0.3) is 0 Å². The number of primary amides is 1. The van der Waals surface area contributed by atoms with E-state index in [4.69, 9.17) is 38.4 Å². The first-order chi connectivity index (χ1) is 16.8. The molecule has 1 amide bonds. The molecule has 0 saturated carbocycles. The van der Waals surface area contributed by atoms with E-state index < -0.39 is 5.91 Å². The minimum atomic E-state index is -0.510. The lowest BCUT2D eigenvalue weighted by molar-refractivity contribution is 0.0999. The minimum absolute atomic E-state index is 0.0471. The molecular weight excluding hydrogens is 489 g/mol. The predicted octanol–water partition coefficient (Wildman–Crippen LogP) is 4.58. The Kier molecular flexibility index (Phi) is 7.79. The Morgan fingerprint density at radius 2 is 1.83 bits per heavy atom. The monoisotopic (exact) mass is 517 g/mol. The van der Waals surface area contributed by atoms with E-state index in [1.165, 1.54) is 7.11 Å². The third-order valence-corrected chi connectivity index (χ3v) is 7.39. The fraction of sp³-hybridized carbons (Fsp3) is 0.346. The predicted molar refractivity (Wildman–Crippen MR) is 137 cm³/mol. The number of phenolic OH excluding ortho intramolecular Hbond substituents is 1. The van der Waals surface area contributed by atoms with Gasteiger partial charge in [-0.25, -0.2) is 0 Å². The van der Waals surface area contributed by atoms with E-state index in [0.717, 1.165) is 37.2 Å². The number of nitrogens with two attached hydrogens (primary N) is 1. The lowest BCUT2D eigenvalue weighted by Crippen LogP contribution is -2.47. The van der Waals surface area contributed by atoms with E-state index in [0.29, 0.717) is 45.8 Å². The van der Waals surface area contributed by atoms with Crippen LogP contribution in [0, 0.1) is 0 Å². The van der Waals surface area contributed by atoms with Crippen molar-refractivity contribution in [3.8, 4) is 17.2 Å². The third kappa shape index (κ3) is 5.22. The van der Waals surface area contributed by atoms with Crippen LogP contribution in [0.3, 0.4) is 0 Å². The third-order valence-electron chi connectivity index (χ3n) is 6.49. The van der Waals surface area contributed by atoms with Crippen molar-refractivity contribution in [3.05, 3.63) is 74.9 Å². The van der Waals surface area contributed by atoms with Gasteiger partial charge in [0, 0.05) is 48.9 Å². The summed E-state index contributed by atoms with van der Waals surface area (Å²) in [5.74, 6) is 0.515. The first-order valence-corrected chi connectivity index (χ1v) is 12.2. The molecule has 2 aromatic rings. The number of methoxy groups -OCH3 is 2. The molecule has 35 heavy (non-hydrogen) atoms. The van der Waals surface area contributed by atoms with Gasteiger partial charge >= 0.3 is 0 Å². The maximum Gasteiger partial charge on any atom is 0.248 e. The molecule has 7 nitrogen and oxygen atoms in total. The number of aromatic hydroxyl groups is 1. The van der Waals surface area contributed by atoms with E-state index in [-0.39, 0.29) is 11.8 Å². The number of phenols is 1. The number of hydrogen-bond acceptors (Lipinski definition) is 6. The largest absolute Gasteiger partial charge is 0.507 e. The Labute approximate surface area is 215 Å². The zero-order chi connectivity index (χ0) is 25.1. The minimum Gasteiger partial charge on any atom is -0.507 e.